The van der Waals surface area contributed by atoms with Crippen molar-refractivity contribution in [1.82, 2.24) is 9.97 Å². The van der Waals surface area contributed by atoms with Crippen LogP contribution in [-0.2, 0) is 6.42 Å². The van der Waals surface area contributed by atoms with E-state index in [1.807, 2.05) is 0 Å². The highest BCUT2D eigenvalue weighted by Crippen LogP contribution is 2.25. The monoisotopic (exact) mass is 284 g/mol. The van der Waals surface area contributed by atoms with Crippen LogP contribution in [0.4, 0.5) is 17.3 Å². The van der Waals surface area contributed by atoms with E-state index in [2.05, 4.69) is 51.9 Å². The Labute approximate surface area is 121 Å². The average molecular weight is 284 g/mol. The van der Waals surface area contributed by atoms with Gasteiger partial charge >= 0.3 is 0 Å². The van der Waals surface area contributed by atoms with Crippen molar-refractivity contribution in [2.75, 3.05) is 11.1 Å². The summed E-state index contributed by atoms with van der Waals surface area (Å²) in [5.74, 6) is 2.03. The molecular formula is C15H16N4S. The normalized spacial score (nSPS) is 10.8. The molecule has 0 saturated carbocycles. The average Bonchev–Trinajstić information content (AvgIpc) is 2.85. The standard InChI is InChI=1S/C15H16N4S/c1-2-3-14-18-13(16)9-15(19-14)17-11-4-5-12-10(8-11)6-7-20-12/h4-9H,2-3H2,1H3,(H3,16,17,18,19). The van der Waals surface area contributed by atoms with Crippen LogP contribution in [0.25, 0.3) is 10.1 Å². The first-order chi connectivity index (χ1) is 9.74. The number of aromatic nitrogens is 2. The van der Waals surface area contributed by atoms with Gasteiger partial charge in [-0.05, 0) is 41.5 Å². The molecule has 0 bridgehead atoms. The van der Waals surface area contributed by atoms with Crippen molar-refractivity contribution in [3.8, 4) is 0 Å². The molecule has 0 radical (unpaired) electrons. The predicted octanol–water partition coefficient (Wildman–Crippen LogP) is 3.97. The molecule has 20 heavy (non-hydrogen) atoms. The maximum absolute atomic E-state index is 5.83. The maximum Gasteiger partial charge on any atom is 0.136 e. The van der Waals surface area contributed by atoms with Gasteiger partial charge in [-0.15, -0.1) is 11.3 Å². The van der Waals surface area contributed by atoms with Crippen molar-refractivity contribution >= 4 is 38.7 Å². The van der Waals surface area contributed by atoms with Crippen LogP contribution in [0.3, 0.4) is 0 Å². The van der Waals surface area contributed by atoms with Gasteiger partial charge in [0.1, 0.15) is 17.5 Å². The summed E-state index contributed by atoms with van der Waals surface area (Å²) in [7, 11) is 0. The smallest absolute Gasteiger partial charge is 0.136 e. The number of nitrogen functional groups attached to an aromatic ring is 1. The molecule has 2 heterocycles. The van der Waals surface area contributed by atoms with Crippen LogP contribution in [0, 0.1) is 0 Å². The Bertz CT molecular complexity index is 736. The molecule has 2 aromatic heterocycles. The van der Waals surface area contributed by atoms with E-state index in [1.165, 1.54) is 10.1 Å². The molecule has 0 spiro atoms. The maximum atomic E-state index is 5.83. The Morgan fingerprint density at radius 1 is 1.20 bits per heavy atom. The zero-order valence-corrected chi connectivity index (χ0v) is 12.1. The van der Waals surface area contributed by atoms with Gasteiger partial charge in [-0.2, -0.15) is 0 Å². The number of benzene rings is 1. The van der Waals surface area contributed by atoms with Crippen LogP contribution in [0.15, 0.2) is 35.7 Å². The number of nitrogens with zero attached hydrogens (tertiary/aromatic N) is 2. The molecule has 3 aromatic rings. The van der Waals surface area contributed by atoms with E-state index in [4.69, 9.17) is 5.73 Å². The van der Waals surface area contributed by atoms with Crippen molar-refractivity contribution in [3.63, 3.8) is 0 Å². The van der Waals surface area contributed by atoms with Gasteiger partial charge in [0.05, 0.1) is 0 Å². The van der Waals surface area contributed by atoms with Crippen LogP contribution in [0.1, 0.15) is 19.2 Å². The zero-order chi connectivity index (χ0) is 13.9. The van der Waals surface area contributed by atoms with Gasteiger partial charge in [0, 0.05) is 22.9 Å². The first kappa shape index (κ1) is 12.9. The number of hydrogen-bond acceptors (Lipinski definition) is 5. The first-order valence-electron chi connectivity index (χ1n) is 6.62. The van der Waals surface area contributed by atoms with E-state index in [1.54, 1.807) is 17.4 Å². The topological polar surface area (TPSA) is 63.8 Å². The number of hydrogen-bond donors (Lipinski definition) is 2. The summed E-state index contributed by atoms with van der Waals surface area (Å²) in [5, 5.41) is 6.62. The first-order valence-corrected chi connectivity index (χ1v) is 7.50. The van der Waals surface area contributed by atoms with E-state index in [-0.39, 0.29) is 0 Å². The molecule has 0 aliphatic rings. The largest absolute Gasteiger partial charge is 0.384 e. The van der Waals surface area contributed by atoms with Gasteiger partial charge in [-0.1, -0.05) is 6.92 Å². The highest BCUT2D eigenvalue weighted by molar-refractivity contribution is 7.17. The molecule has 0 aliphatic heterocycles. The molecule has 0 aliphatic carbocycles. The Kier molecular flexibility index (Phi) is 3.52. The Morgan fingerprint density at radius 3 is 2.95 bits per heavy atom. The fourth-order valence-corrected chi connectivity index (χ4v) is 2.88. The molecule has 0 amide bonds. The number of aryl methyl sites for hydroxylation is 1. The molecule has 0 saturated heterocycles. The zero-order valence-electron chi connectivity index (χ0n) is 11.3. The minimum absolute atomic E-state index is 0.502. The molecule has 0 atom stereocenters. The molecular weight excluding hydrogens is 268 g/mol. The van der Waals surface area contributed by atoms with Crippen molar-refractivity contribution < 1.29 is 0 Å². The molecule has 0 unspecified atom stereocenters. The number of nitrogens with two attached hydrogens (primary N) is 1. The third-order valence-electron chi connectivity index (χ3n) is 2.99. The molecule has 102 valence electrons. The Hall–Kier alpha value is -2.14. The summed E-state index contributed by atoms with van der Waals surface area (Å²) in [6.07, 6.45) is 1.84. The minimum Gasteiger partial charge on any atom is -0.384 e. The molecule has 4 nitrogen and oxygen atoms in total. The third-order valence-corrected chi connectivity index (χ3v) is 3.89. The second-order valence-electron chi connectivity index (χ2n) is 4.64. The second-order valence-corrected chi connectivity index (χ2v) is 5.59. The quantitative estimate of drug-likeness (QED) is 0.761. The van der Waals surface area contributed by atoms with Gasteiger partial charge in [0.15, 0.2) is 0 Å². The van der Waals surface area contributed by atoms with Crippen LogP contribution < -0.4 is 11.1 Å². The van der Waals surface area contributed by atoms with Crippen molar-refractivity contribution in [2.45, 2.75) is 19.8 Å². The summed E-state index contributed by atoms with van der Waals surface area (Å²) >= 11 is 1.74. The van der Waals surface area contributed by atoms with Gasteiger partial charge in [0.2, 0.25) is 0 Å². The lowest BCUT2D eigenvalue weighted by atomic mass is 10.2. The summed E-state index contributed by atoms with van der Waals surface area (Å²) < 4.78 is 1.28. The van der Waals surface area contributed by atoms with Crippen LogP contribution in [0.5, 0.6) is 0 Å². The van der Waals surface area contributed by atoms with E-state index < -0.39 is 0 Å². The van der Waals surface area contributed by atoms with Crippen molar-refractivity contribution in [1.29, 1.82) is 0 Å². The van der Waals surface area contributed by atoms with Crippen molar-refractivity contribution in [2.24, 2.45) is 0 Å². The van der Waals surface area contributed by atoms with Crippen molar-refractivity contribution in [3.05, 3.63) is 41.5 Å². The number of nitrogens with one attached hydrogen (secondary N) is 1. The van der Waals surface area contributed by atoms with E-state index >= 15 is 0 Å². The Morgan fingerprint density at radius 2 is 2.10 bits per heavy atom. The minimum atomic E-state index is 0.502. The lowest BCUT2D eigenvalue weighted by molar-refractivity contribution is 0.839. The highest BCUT2D eigenvalue weighted by atomic mass is 32.1. The number of thiophene rings is 1. The lowest BCUT2D eigenvalue weighted by Crippen LogP contribution is -2.03. The second kappa shape index (κ2) is 5.46. The van der Waals surface area contributed by atoms with Gasteiger partial charge in [-0.25, -0.2) is 9.97 Å². The summed E-state index contributed by atoms with van der Waals surface area (Å²) in [4.78, 5) is 8.72. The van der Waals surface area contributed by atoms with Crippen LogP contribution in [0.2, 0.25) is 0 Å². The lowest BCUT2D eigenvalue weighted by Gasteiger charge is -2.08. The Balaban J connectivity index is 1.89. The van der Waals surface area contributed by atoms with Gasteiger partial charge in [-0.3, -0.25) is 0 Å². The van der Waals surface area contributed by atoms with Crippen LogP contribution >= 0.6 is 11.3 Å². The molecule has 5 heteroatoms. The molecule has 1 aromatic carbocycles. The molecule has 3 N–H and O–H groups in total. The SMILES string of the molecule is CCCc1nc(N)cc(Nc2ccc3sccc3c2)n1. The van der Waals surface area contributed by atoms with Crippen LogP contribution in [-0.4, -0.2) is 9.97 Å². The molecule has 3 rings (SSSR count). The third kappa shape index (κ3) is 2.72. The predicted molar refractivity (Wildman–Crippen MR) is 85.5 cm³/mol. The summed E-state index contributed by atoms with van der Waals surface area (Å²) in [6.45, 7) is 2.10. The molecule has 0 fully saturated rings. The fraction of sp³-hybridized carbons (Fsp3) is 0.200. The summed E-state index contributed by atoms with van der Waals surface area (Å²) in [5.41, 5.74) is 6.84. The fourth-order valence-electron chi connectivity index (χ4n) is 2.11. The van der Waals surface area contributed by atoms with E-state index in [0.29, 0.717) is 5.82 Å². The highest BCUT2D eigenvalue weighted by Gasteiger charge is 2.04. The van der Waals surface area contributed by atoms with Gasteiger partial charge in [0.25, 0.3) is 0 Å². The van der Waals surface area contributed by atoms with E-state index in [0.717, 1.165) is 30.2 Å². The number of anilines is 3. The van der Waals surface area contributed by atoms with E-state index in [9.17, 15) is 0 Å². The summed E-state index contributed by atoms with van der Waals surface area (Å²) in [6, 6.07) is 10.2. The van der Waals surface area contributed by atoms with Gasteiger partial charge < -0.3 is 11.1 Å². The number of fused-ring (bicyclic) bond motifs is 1. The number of rotatable bonds is 4.